The highest BCUT2D eigenvalue weighted by Gasteiger charge is 2.32. The molecule has 0 aliphatic heterocycles. The number of rotatable bonds is 4. The average Bonchev–Trinajstić information content (AvgIpc) is 2.95. The quantitative estimate of drug-likeness (QED) is 0.654. The molecule has 1 aromatic heterocycles. The first-order valence-corrected chi connectivity index (χ1v) is 7.05. The molecule has 0 aliphatic rings. The van der Waals surface area contributed by atoms with Crippen molar-refractivity contribution in [2.24, 2.45) is 10.7 Å². The van der Waals surface area contributed by atoms with Gasteiger partial charge in [0, 0.05) is 5.75 Å². The van der Waals surface area contributed by atoms with Crippen molar-refractivity contribution >= 4 is 29.3 Å². The summed E-state index contributed by atoms with van der Waals surface area (Å²) >= 11 is 1.07. The summed E-state index contributed by atoms with van der Waals surface area (Å²) in [6, 6.07) is 8.92. The summed E-state index contributed by atoms with van der Waals surface area (Å²) in [5, 5.41) is 0.225. The number of nitrogens with zero attached hydrogens (tertiary/aromatic N) is 1. The van der Waals surface area contributed by atoms with Gasteiger partial charge in [0.2, 0.25) is 0 Å². The van der Waals surface area contributed by atoms with E-state index >= 15 is 0 Å². The predicted octanol–water partition coefficient (Wildman–Crippen LogP) is 4.47. The fourth-order valence-electron chi connectivity index (χ4n) is 1.68. The van der Waals surface area contributed by atoms with Crippen molar-refractivity contribution in [3.8, 4) is 0 Å². The lowest BCUT2D eigenvalue weighted by atomic mass is 10.1. The Morgan fingerprint density at radius 2 is 1.91 bits per heavy atom. The summed E-state index contributed by atoms with van der Waals surface area (Å²) in [6.45, 7) is 0.271. The van der Waals surface area contributed by atoms with Gasteiger partial charge in [-0.3, -0.25) is 4.99 Å². The van der Waals surface area contributed by atoms with Crippen molar-refractivity contribution in [1.29, 1.82) is 0 Å². The maximum atomic E-state index is 12.8. The molecular weight excluding hydrogens is 337 g/mol. The first-order chi connectivity index (χ1) is 9.97. The normalized spacial score (nSPS) is 12.0. The van der Waals surface area contributed by atoms with Crippen molar-refractivity contribution in [2.45, 2.75) is 18.5 Å². The van der Waals surface area contributed by atoms with E-state index in [1.165, 1.54) is 18.4 Å². The van der Waals surface area contributed by atoms with Crippen molar-refractivity contribution in [3.05, 3.63) is 59.5 Å². The monoisotopic (exact) mass is 350 g/mol. The molecule has 0 bridgehead atoms. The van der Waals surface area contributed by atoms with E-state index in [2.05, 4.69) is 4.99 Å². The summed E-state index contributed by atoms with van der Waals surface area (Å²) < 4.78 is 43.6. The molecule has 3 nitrogen and oxygen atoms in total. The van der Waals surface area contributed by atoms with E-state index in [1.54, 1.807) is 18.2 Å². The van der Waals surface area contributed by atoms with Gasteiger partial charge in [-0.25, -0.2) is 0 Å². The van der Waals surface area contributed by atoms with Crippen molar-refractivity contribution in [2.75, 3.05) is 0 Å². The van der Waals surface area contributed by atoms with E-state index in [1.807, 2.05) is 0 Å². The number of halogens is 4. The minimum Gasteiger partial charge on any atom is -0.467 e. The minimum absolute atomic E-state index is 0. The third-order valence-corrected chi connectivity index (χ3v) is 3.55. The first kappa shape index (κ1) is 18.4. The molecule has 2 aromatic rings. The number of amidine groups is 1. The van der Waals surface area contributed by atoms with Gasteiger partial charge in [0.15, 0.2) is 5.17 Å². The second-order valence-electron chi connectivity index (χ2n) is 4.18. The molecule has 0 spiro atoms. The van der Waals surface area contributed by atoms with Crippen LogP contribution in [0.4, 0.5) is 13.2 Å². The first-order valence-electron chi connectivity index (χ1n) is 6.07. The van der Waals surface area contributed by atoms with Crippen LogP contribution in [0.3, 0.4) is 0 Å². The Kier molecular flexibility index (Phi) is 6.83. The molecule has 0 amide bonds. The highest BCUT2D eigenvalue weighted by molar-refractivity contribution is 8.13. The Hall–Kier alpha value is -1.60. The zero-order chi connectivity index (χ0) is 15.3. The third-order valence-electron chi connectivity index (χ3n) is 2.67. The molecule has 8 heteroatoms. The minimum atomic E-state index is -4.36. The lowest BCUT2D eigenvalue weighted by molar-refractivity contribution is -0.138. The lowest BCUT2D eigenvalue weighted by Gasteiger charge is -2.11. The number of thioether (sulfide) groups is 1. The van der Waals surface area contributed by atoms with Gasteiger partial charge in [0.25, 0.3) is 0 Å². The van der Waals surface area contributed by atoms with Crippen LogP contribution in [0.25, 0.3) is 0 Å². The second kappa shape index (κ2) is 8.14. The van der Waals surface area contributed by atoms with E-state index in [0.717, 1.165) is 17.8 Å². The maximum Gasteiger partial charge on any atom is 0.416 e. The molecule has 0 saturated carbocycles. The van der Waals surface area contributed by atoms with Crippen LogP contribution in [0.2, 0.25) is 0 Å². The second-order valence-corrected chi connectivity index (χ2v) is 5.17. The number of hydrogen-bond donors (Lipinski definition) is 1. The van der Waals surface area contributed by atoms with Gasteiger partial charge in [-0.15, -0.1) is 12.4 Å². The molecule has 0 fully saturated rings. The Labute approximate surface area is 136 Å². The highest BCUT2D eigenvalue weighted by atomic mass is 35.5. The zero-order valence-electron chi connectivity index (χ0n) is 11.3. The fourth-order valence-corrected chi connectivity index (χ4v) is 2.39. The van der Waals surface area contributed by atoms with Gasteiger partial charge in [0.1, 0.15) is 5.76 Å². The number of hydrogen-bond acceptors (Lipinski definition) is 3. The van der Waals surface area contributed by atoms with E-state index in [4.69, 9.17) is 10.2 Å². The summed E-state index contributed by atoms with van der Waals surface area (Å²) in [4.78, 5) is 4.06. The predicted molar refractivity (Wildman–Crippen MR) is 84.0 cm³/mol. The largest absolute Gasteiger partial charge is 0.467 e. The molecule has 0 saturated heterocycles. The molecule has 22 heavy (non-hydrogen) atoms. The van der Waals surface area contributed by atoms with Gasteiger partial charge in [-0.05, 0) is 23.8 Å². The van der Waals surface area contributed by atoms with Gasteiger partial charge in [0.05, 0.1) is 18.4 Å². The molecular formula is C14H14ClF3N2OS. The van der Waals surface area contributed by atoms with Crippen LogP contribution in [-0.2, 0) is 18.5 Å². The van der Waals surface area contributed by atoms with Crippen LogP contribution in [0.15, 0.2) is 52.1 Å². The number of nitrogens with two attached hydrogens (primary N) is 1. The Morgan fingerprint density at radius 3 is 2.55 bits per heavy atom. The number of aliphatic imine (C=N–C) groups is 1. The molecule has 2 rings (SSSR count). The number of furan rings is 1. The average molecular weight is 351 g/mol. The fraction of sp³-hybridized carbons (Fsp3) is 0.214. The lowest BCUT2D eigenvalue weighted by Crippen LogP contribution is -2.11. The van der Waals surface area contributed by atoms with Gasteiger partial charge >= 0.3 is 6.18 Å². The van der Waals surface area contributed by atoms with Gasteiger partial charge in [-0.1, -0.05) is 30.0 Å². The van der Waals surface area contributed by atoms with E-state index in [0.29, 0.717) is 5.76 Å². The van der Waals surface area contributed by atoms with Crippen LogP contribution >= 0.6 is 24.2 Å². The van der Waals surface area contributed by atoms with Crippen molar-refractivity contribution in [1.82, 2.24) is 0 Å². The highest BCUT2D eigenvalue weighted by Crippen LogP contribution is 2.33. The molecule has 0 aliphatic carbocycles. The molecule has 1 aromatic carbocycles. The van der Waals surface area contributed by atoms with Gasteiger partial charge in [-0.2, -0.15) is 13.2 Å². The van der Waals surface area contributed by atoms with E-state index in [9.17, 15) is 13.2 Å². The zero-order valence-corrected chi connectivity index (χ0v) is 13.0. The smallest absolute Gasteiger partial charge is 0.416 e. The van der Waals surface area contributed by atoms with Gasteiger partial charge < -0.3 is 10.2 Å². The molecule has 1 heterocycles. The Bertz CT molecular complexity index is 615. The summed E-state index contributed by atoms with van der Waals surface area (Å²) in [5.74, 6) is 0.762. The summed E-state index contributed by atoms with van der Waals surface area (Å²) in [6.07, 6.45) is -2.84. The van der Waals surface area contributed by atoms with E-state index in [-0.39, 0.29) is 35.4 Å². The Balaban J connectivity index is 0.00000242. The molecule has 2 N–H and O–H groups in total. The van der Waals surface area contributed by atoms with Crippen LogP contribution in [-0.4, -0.2) is 5.17 Å². The van der Waals surface area contributed by atoms with Crippen molar-refractivity contribution < 1.29 is 17.6 Å². The summed E-state index contributed by atoms with van der Waals surface area (Å²) in [5.41, 5.74) is 5.23. The molecule has 0 atom stereocenters. The molecule has 0 radical (unpaired) electrons. The molecule has 120 valence electrons. The van der Waals surface area contributed by atoms with E-state index < -0.39 is 11.7 Å². The van der Waals surface area contributed by atoms with Crippen LogP contribution in [0.1, 0.15) is 16.9 Å². The standard InChI is InChI=1S/C14H13F3N2OS.ClH/c15-14(16,17)12-6-2-1-4-10(12)9-21-13(18)19-8-11-5-3-7-20-11;/h1-7H,8-9H2,(H2,18,19);1H. The number of alkyl halides is 3. The summed E-state index contributed by atoms with van der Waals surface area (Å²) in [7, 11) is 0. The van der Waals surface area contributed by atoms with Crippen LogP contribution < -0.4 is 5.73 Å². The topological polar surface area (TPSA) is 51.5 Å². The van der Waals surface area contributed by atoms with Crippen molar-refractivity contribution in [3.63, 3.8) is 0 Å². The van der Waals surface area contributed by atoms with Crippen LogP contribution in [0, 0.1) is 0 Å². The number of benzene rings is 1. The van der Waals surface area contributed by atoms with Crippen LogP contribution in [0.5, 0.6) is 0 Å². The maximum absolute atomic E-state index is 12.8. The Morgan fingerprint density at radius 1 is 1.18 bits per heavy atom. The molecule has 0 unspecified atom stereocenters. The third kappa shape index (κ3) is 5.31. The SMILES string of the molecule is Cl.NC(=NCc1ccco1)SCc1ccccc1C(F)(F)F.